The second kappa shape index (κ2) is 2.55. The van der Waals surface area contributed by atoms with E-state index in [1.54, 1.807) is 0 Å². The van der Waals surface area contributed by atoms with Gasteiger partial charge in [0.2, 0.25) is 0 Å². The molecule has 1 aromatic heterocycles. The van der Waals surface area contributed by atoms with Crippen LogP contribution in [0.5, 0.6) is 0 Å². The van der Waals surface area contributed by atoms with Crippen molar-refractivity contribution in [2.75, 3.05) is 0 Å². The Balaban J connectivity index is 2.21. The van der Waals surface area contributed by atoms with Crippen molar-refractivity contribution in [3.05, 3.63) is 29.5 Å². The summed E-state index contributed by atoms with van der Waals surface area (Å²) < 4.78 is 5.48. The number of fused-ring (bicyclic) bond motifs is 1. The van der Waals surface area contributed by atoms with Crippen LogP contribution in [0.3, 0.4) is 0 Å². The van der Waals surface area contributed by atoms with E-state index >= 15 is 0 Å². The minimum atomic E-state index is -0.522. The molecule has 1 heterocycles. The lowest BCUT2D eigenvalue weighted by Gasteiger charge is -2.06. The zero-order chi connectivity index (χ0) is 9.76. The predicted octanol–water partition coefficient (Wildman–Crippen LogP) is 2.59. The average molecular weight is 205 g/mol. The molecule has 1 saturated carbocycles. The van der Waals surface area contributed by atoms with Crippen LogP contribution in [0.1, 0.15) is 24.1 Å². The van der Waals surface area contributed by atoms with Crippen LogP contribution in [0.2, 0.25) is 0 Å². The van der Waals surface area contributed by atoms with Crippen LogP contribution in [-0.4, -0.2) is 9.48 Å². The normalized spacial score (nSPS) is 18.7. The molecular weight excluding hydrogens is 194 g/mol. The summed E-state index contributed by atoms with van der Waals surface area (Å²) in [6, 6.07) is 6.17. The average Bonchev–Trinajstić information content (AvgIpc) is 2.84. The fraction of sp³-hybridized carbons (Fsp3) is 0.364. The summed E-state index contributed by atoms with van der Waals surface area (Å²) in [5.41, 5.74) is 1.61. The maximum atomic E-state index is 9.95. The highest BCUT2D eigenvalue weighted by molar-refractivity contribution is 7.13. The SMILES string of the molecule is Cc1nsc2cc(C3(O)CC3)ccc12. The molecule has 1 aliphatic rings. The molecule has 0 radical (unpaired) electrons. The summed E-state index contributed by atoms with van der Waals surface area (Å²) in [5.74, 6) is 0. The Hall–Kier alpha value is -0.930. The van der Waals surface area contributed by atoms with E-state index in [0.717, 1.165) is 24.1 Å². The molecule has 0 saturated heterocycles. The molecule has 0 aliphatic heterocycles. The fourth-order valence-electron chi connectivity index (χ4n) is 1.76. The number of aliphatic hydroxyl groups is 1. The van der Waals surface area contributed by atoms with Crippen molar-refractivity contribution in [2.45, 2.75) is 25.4 Å². The summed E-state index contributed by atoms with van der Waals surface area (Å²) in [4.78, 5) is 0. The molecule has 72 valence electrons. The van der Waals surface area contributed by atoms with Crippen LogP contribution < -0.4 is 0 Å². The Bertz CT molecular complexity index is 499. The number of aromatic nitrogens is 1. The molecule has 1 aromatic carbocycles. The number of nitrogens with zero attached hydrogens (tertiary/aromatic N) is 1. The third-order valence-electron chi connectivity index (χ3n) is 2.91. The summed E-state index contributed by atoms with van der Waals surface area (Å²) in [6.45, 7) is 2.02. The molecular formula is C11H11NOS. The van der Waals surface area contributed by atoms with Crippen molar-refractivity contribution >= 4 is 21.6 Å². The molecule has 3 rings (SSSR count). The first-order valence-electron chi connectivity index (χ1n) is 4.78. The first-order valence-corrected chi connectivity index (χ1v) is 5.55. The summed E-state index contributed by atoms with van der Waals surface area (Å²) in [7, 11) is 0. The van der Waals surface area contributed by atoms with Gasteiger partial charge in [0.25, 0.3) is 0 Å². The quantitative estimate of drug-likeness (QED) is 0.776. The van der Waals surface area contributed by atoms with Gasteiger partial charge >= 0.3 is 0 Å². The summed E-state index contributed by atoms with van der Waals surface area (Å²) in [6.07, 6.45) is 1.80. The molecule has 0 bridgehead atoms. The monoisotopic (exact) mass is 205 g/mol. The van der Waals surface area contributed by atoms with Crippen molar-refractivity contribution in [3.63, 3.8) is 0 Å². The predicted molar refractivity (Wildman–Crippen MR) is 57.5 cm³/mol. The molecule has 1 fully saturated rings. The topological polar surface area (TPSA) is 33.1 Å². The van der Waals surface area contributed by atoms with E-state index in [1.165, 1.54) is 21.6 Å². The van der Waals surface area contributed by atoms with Gasteiger partial charge in [-0.15, -0.1) is 0 Å². The Morgan fingerprint density at radius 2 is 2.21 bits per heavy atom. The Kier molecular flexibility index (Phi) is 1.53. The zero-order valence-electron chi connectivity index (χ0n) is 7.95. The number of aryl methyl sites for hydroxylation is 1. The standard InChI is InChI=1S/C11H11NOS/c1-7-9-3-2-8(11(13)4-5-11)6-10(9)14-12-7/h2-3,6,13H,4-5H2,1H3. The van der Waals surface area contributed by atoms with Gasteiger partial charge in [-0.3, -0.25) is 0 Å². The van der Waals surface area contributed by atoms with Crippen LogP contribution in [-0.2, 0) is 5.60 Å². The number of hydrogen-bond donors (Lipinski definition) is 1. The van der Waals surface area contributed by atoms with E-state index in [4.69, 9.17) is 0 Å². The van der Waals surface area contributed by atoms with E-state index < -0.39 is 5.60 Å². The first kappa shape index (κ1) is 8.38. The van der Waals surface area contributed by atoms with Crippen molar-refractivity contribution in [1.82, 2.24) is 4.37 Å². The van der Waals surface area contributed by atoms with Crippen molar-refractivity contribution in [3.8, 4) is 0 Å². The maximum Gasteiger partial charge on any atom is 0.0899 e. The summed E-state index contributed by atoms with van der Waals surface area (Å²) >= 11 is 1.51. The van der Waals surface area contributed by atoms with E-state index in [2.05, 4.69) is 16.5 Å². The van der Waals surface area contributed by atoms with E-state index in [0.29, 0.717) is 0 Å². The molecule has 1 aliphatic carbocycles. The first-order chi connectivity index (χ1) is 6.69. The Labute approximate surface area is 86.4 Å². The van der Waals surface area contributed by atoms with Crippen LogP contribution in [0.15, 0.2) is 18.2 Å². The van der Waals surface area contributed by atoms with Gasteiger partial charge in [0.1, 0.15) is 0 Å². The van der Waals surface area contributed by atoms with Crippen LogP contribution in [0, 0.1) is 6.92 Å². The minimum absolute atomic E-state index is 0.522. The molecule has 2 nitrogen and oxygen atoms in total. The molecule has 14 heavy (non-hydrogen) atoms. The highest BCUT2D eigenvalue weighted by Gasteiger charge is 2.42. The second-order valence-electron chi connectivity index (χ2n) is 4.01. The zero-order valence-corrected chi connectivity index (χ0v) is 8.77. The van der Waals surface area contributed by atoms with Crippen molar-refractivity contribution < 1.29 is 5.11 Å². The third kappa shape index (κ3) is 1.09. The van der Waals surface area contributed by atoms with Gasteiger partial charge in [0, 0.05) is 5.39 Å². The third-order valence-corrected chi connectivity index (χ3v) is 3.81. The van der Waals surface area contributed by atoms with Gasteiger partial charge in [0.05, 0.1) is 16.0 Å². The molecule has 3 heteroatoms. The molecule has 0 amide bonds. The minimum Gasteiger partial charge on any atom is -0.385 e. The van der Waals surface area contributed by atoms with Gasteiger partial charge in [-0.05, 0) is 42.9 Å². The van der Waals surface area contributed by atoms with E-state index in [1.807, 2.05) is 13.0 Å². The van der Waals surface area contributed by atoms with Gasteiger partial charge in [-0.2, -0.15) is 4.37 Å². The number of benzene rings is 1. The van der Waals surface area contributed by atoms with Gasteiger partial charge < -0.3 is 5.11 Å². The van der Waals surface area contributed by atoms with Crippen LogP contribution in [0.25, 0.3) is 10.1 Å². The van der Waals surface area contributed by atoms with Gasteiger partial charge in [-0.1, -0.05) is 12.1 Å². The summed E-state index contributed by atoms with van der Waals surface area (Å²) in [5, 5.41) is 11.2. The van der Waals surface area contributed by atoms with Crippen LogP contribution in [0.4, 0.5) is 0 Å². The van der Waals surface area contributed by atoms with Gasteiger partial charge in [-0.25, -0.2) is 0 Å². The Morgan fingerprint density at radius 1 is 1.43 bits per heavy atom. The van der Waals surface area contributed by atoms with Crippen molar-refractivity contribution in [2.24, 2.45) is 0 Å². The molecule has 2 aromatic rings. The molecule has 0 atom stereocenters. The molecule has 0 unspecified atom stereocenters. The maximum absolute atomic E-state index is 9.95. The number of rotatable bonds is 1. The fourth-order valence-corrected chi connectivity index (χ4v) is 2.59. The largest absolute Gasteiger partial charge is 0.385 e. The van der Waals surface area contributed by atoms with Gasteiger partial charge in [0.15, 0.2) is 0 Å². The van der Waals surface area contributed by atoms with E-state index in [9.17, 15) is 5.11 Å². The highest BCUT2D eigenvalue weighted by atomic mass is 32.1. The lowest BCUT2D eigenvalue weighted by Crippen LogP contribution is -2.02. The highest BCUT2D eigenvalue weighted by Crippen LogP contribution is 2.46. The smallest absolute Gasteiger partial charge is 0.0899 e. The lowest BCUT2D eigenvalue weighted by molar-refractivity contribution is 0.151. The second-order valence-corrected chi connectivity index (χ2v) is 4.82. The lowest BCUT2D eigenvalue weighted by atomic mass is 10.1. The number of hydrogen-bond acceptors (Lipinski definition) is 3. The molecule has 0 spiro atoms. The Morgan fingerprint density at radius 3 is 2.93 bits per heavy atom. The van der Waals surface area contributed by atoms with Crippen LogP contribution >= 0.6 is 11.5 Å². The van der Waals surface area contributed by atoms with Crippen molar-refractivity contribution in [1.29, 1.82) is 0 Å². The van der Waals surface area contributed by atoms with E-state index in [-0.39, 0.29) is 0 Å². The molecule has 1 N–H and O–H groups in total.